The molecule has 0 radical (unpaired) electrons. The van der Waals surface area contributed by atoms with E-state index in [1.54, 1.807) is 13.8 Å². The van der Waals surface area contributed by atoms with Crippen LogP contribution >= 0.6 is 0 Å². The van der Waals surface area contributed by atoms with Gasteiger partial charge in [0.05, 0.1) is 12.1 Å². The lowest BCUT2D eigenvalue weighted by atomic mass is 9.93. The van der Waals surface area contributed by atoms with Crippen LogP contribution < -0.4 is 10.6 Å². The Morgan fingerprint density at radius 2 is 0.836 bits per heavy atom. The van der Waals surface area contributed by atoms with Gasteiger partial charge in [0.1, 0.15) is 24.2 Å². The molecule has 0 fully saturated rings. The Morgan fingerprint density at radius 1 is 0.525 bits per heavy atom. The molecule has 2 aliphatic heterocycles. The summed E-state index contributed by atoms with van der Waals surface area (Å²) in [6.07, 6.45) is 2.23. The average Bonchev–Trinajstić information content (AvgIpc) is 3.25. The summed E-state index contributed by atoms with van der Waals surface area (Å²) < 4.78 is 0. The summed E-state index contributed by atoms with van der Waals surface area (Å²) in [5.41, 5.74) is 5.69. The molecule has 324 valence electrons. The van der Waals surface area contributed by atoms with E-state index in [1.165, 1.54) is 9.80 Å². The molecule has 15 nitrogen and oxygen atoms in total. The third-order valence-electron chi connectivity index (χ3n) is 11.0. The van der Waals surface area contributed by atoms with Crippen LogP contribution in [0.25, 0.3) is 0 Å². The van der Waals surface area contributed by atoms with Gasteiger partial charge in [0, 0.05) is 25.9 Å². The number of carbonyl (C=O) groups is 6. The van der Waals surface area contributed by atoms with Crippen LogP contribution in [0.5, 0.6) is 0 Å². The van der Waals surface area contributed by atoms with Gasteiger partial charge in [0.15, 0.2) is 0 Å². The van der Waals surface area contributed by atoms with Gasteiger partial charge in [-0.05, 0) is 72.9 Å². The van der Waals surface area contributed by atoms with E-state index in [-0.39, 0.29) is 31.4 Å². The number of rotatable bonds is 16. The van der Waals surface area contributed by atoms with Gasteiger partial charge < -0.3 is 35.7 Å². The third-order valence-corrected chi connectivity index (χ3v) is 11.0. The molecular weight excluding hydrogens is 785 g/mol. The molecule has 2 aliphatic rings. The molecule has 0 saturated heterocycles. The van der Waals surface area contributed by atoms with Crippen LogP contribution in [0.15, 0.2) is 109 Å². The third kappa shape index (κ3) is 12.8. The van der Waals surface area contributed by atoms with E-state index in [4.69, 9.17) is 0 Å². The van der Waals surface area contributed by atoms with Crippen molar-refractivity contribution in [1.82, 2.24) is 20.4 Å². The van der Waals surface area contributed by atoms with Gasteiger partial charge in [-0.25, -0.2) is 9.59 Å². The van der Waals surface area contributed by atoms with Gasteiger partial charge in [-0.2, -0.15) is 0 Å². The van der Waals surface area contributed by atoms with Crippen molar-refractivity contribution in [3.05, 3.63) is 143 Å². The first-order valence-corrected chi connectivity index (χ1v) is 20.0. The van der Waals surface area contributed by atoms with Crippen LogP contribution in [-0.4, -0.2) is 108 Å². The predicted octanol–water partition coefficient (Wildman–Crippen LogP) is 3.35. The molecule has 0 aromatic heterocycles. The molecule has 6 atom stereocenters. The van der Waals surface area contributed by atoms with Gasteiger partial charge >= 0.3 is 23.9 Å². The van der Waals surface area contributed by atoms with Gasteiger partial charge in [-0.15, -0.1) is 0 Å². The molecule has 6 rings (SSSR count). The normalized spacial score (nSPS) is 17.3. The second kappa shape index (κ2) is 22.3. The number of hydrogen-bond donors (Lipinski definition) is 6. The molecule has 61 heavy (non-hydrogen) atoms. The summed E-state index contributed by atoms with van der Waals surface area (Å²) in [5.74, 6) is -5.03. The Hall–Kier alpha value is -6.42. The highest BCUT2D eigenvalue weighted by Crippen LogP contribution is 2.26. The van der Waals surface area contributed by atoms with Gasteiger partial charge in [-0.1, -0.05) is 109 Å². The van der Waals surface area contributed by atoms with E-state index in [0.717, 1.165) is 33.4 Å². The van der Waals surface area contributed by atoms with Crippen LogP contribution in [-0.2, 0) is 67.5 Å². The summed E-state index contributed by atoms with van der Waals surface area (Å²) in [5, 5.41) is 44.2. The maximum absolute atomic E-state index is 13.1. The SMILES string of the molecule is C[C@H](N[C@@H](CCc1ccccc1)C(=O)O)C(=O)N1Cc2ccccc2C[C@H]1C(=O)O.C[C@H](N[C@@H](CCc1ccccc1)C(=O)O)C(=O)N1Cc2ccccc2C[C@H]1C(=O)O.O. The molecule has 0 spiro atoms. The van der Waals surface area contributed by atoms with Crippen LogP contribution in [0.1, 0.15) is 60.1 Å². The molecular formula is C46H54N4O11. The van der Waals surface area contributed by atoms with E-state index < -0.39 is 71.9 Å². The molecule has 0 unspecified atom stereocenters. The van der Waals surface area contributed by atoms with E-state index in [0.29, 0.717) is 25.7 Å². The number of carbonyl (C=O) groups excluding carboxylic acids is 2. The van der Waals surface area contributed by atoms with Crippen LogP contribution in [0.2, 0.25) is 0 Å². The van der Waals surface area contributed by atoms with E-state index in [1.807, 2.05) is 109 Å². The largest absolute Gasteiger partial charge is 0.480 e. The molecule has 0 saturated carbocycles. The summed E-state index contributed by atoms with van der Waals surface area (Å²) >= 11 is 0. The van der Waals surface area contributed by atoms with Crippen molar-refractivity contribution >= 4 is 35.7 Å². The first-order chi connectivity index (χ1) is 28.7. The van der Waals surface area contributed by atoms with Crippen molar-refractivity contribution in [2.45, 2.75) is 102 Å². The number of fused-ring (bicyclic) bond motifs is 2. The van der Waals surface area contributed by atoms with Gasteiger partial charge in [-0.3, -0.25) is 29.8 Å². The number of carboxylic acid groups (broad SMARTS) is 4. The molecule has 4 aromatic carbocycles. The molecule has 0 aliphatic carbocycles. The quantitative estimate of drug-likeness (QED) is 0.0952. The summed E-state index contributed by atoms with van der Waals surface area (Å²) in [7, 11) is 0. The molecule has 4 aromatic rings. The number of amides is 2. The van der Waals surface area contributed by atoms with Crippen LogP contribution in [0.4, 0.5) is 0 Å². The fourth-order valence-corrected chi connectivity index (χ4v) is 7.66. The van der Waals surface area contributed by atoms with Crippen molar-refractivity contribution in [1.29, 1.82) is 0 Å². The highest BCUT2D eigenvalue weighted by atomic mass is 16.4. The Balaban J connectivity index is 0.000000264. The Bertz CT molecular complexity index is 1980. The second-order valence-electron chi connectivity index (χ2n) is 15.2. The summed E-state index contributed by atoms with van der Waals surface area (Å²) in [4.78, 5) is 75.8. The van der Waals surface area contributed by atoms with Crippen molar-refractivity contribution in [3.8, 4) is 0 Å². The highest BCUT2D eigenvalue weighted by molar-refractivity contribution is 5.89. The zero-order valence-electron chi connectivity index (χ0n) is 34.1. The Morgan fingerprint density at radius 3 is 1.15 bits per heavy atom. The first-order valence-electron chi connectivity index (χ1n) is 20.0. The summed E-state index contributed by atoms with van der Waals surface area (Å²) in [6, 6.07) is 28.6. The smallest absolute Gasteiger partial charge is 0.326 e. The second-order valence-corrected chi connectivity index (χ2v) is 15.2. The van der Waals surface area contributed by atoms with Gasteiger partial charge in [0.2, 0.25) is 11.8 Å². The van der Waals surface area contributed by atoms with Crippen molar-refractivity contribution < 1.29 is 54.7 Å². The number of benzene rings is 4. The standard InChI is InChI=1S/2C23H26N2O5.H2O/c2*1-15(24-19(22(27)28)12-11-16-7-3-2-4-8-16)21(26)25-14-18-10-6-5-9-17(18)13-20(25)23(29)30;/h2*2-10,15,19-20,24H,11-14H2,1H3,(H,27,28)(H,29,30);1H2/t2*15-,19-,20-;/m00./s1. The lowest BCUT2D eigenvalue weighted by molar-refractivity contribution is -0.152. The number of aliphatic carboxylic acids is 4. The zero-order chi connectivity index (χ0) is 43.3. The lowest BCUT2D eigenvalue weighted by Crippen LogP contribution is -2.56. The number of hydrogen-bond acceptors (Lipinski definition) is 8. The molecule has 15 heteroatoms. The fraction of sp³-hybridized carbons (Fsp3) is 0.348. The van der Waals surface area contributed by atoms with E-state index in [2.05, 4.69) is 10.6 Å². The van der Waals surface area contributed by atoms with Crippen LogP contribution in [0.3, 0.4) is 0 Å². The number of carboxylic acids is 4. The van der Waals surface area contributed by atoms with Crippen LogP contribution in [0, 0.1) is 0 Å². The van der Waals surface area contributed by atoms with Crippen molar-refractivity contribution in [3.63, 3.8) is 0 Å². The van der Waals surface area contributed by atoms with E-state index >= 15 is 0 Å². The molecule has 8 N–H and O–H groups in total. The number of aryl methyl sites for hydroxylation is 2. The fourth-order valence-electron chi connectivity index (χ4n) is 7.66. The van der Waals surface area contributed by atoms with E-state index in [9.17, 15) is 49.2 Å². The first kappa shape index (κ1) is 47.3. The summed E-state index contributed by atoms with van der Waals surface area (Å²) in [6.45, 7) is 3.56. The predicted molar refractivity (Wildman–Crippen MR) is 225 cm³/mol. The highest BCUT2D eigenvalue weighted by Gasteiger charge is 2.38. The van der Waals surface area contributed by atoms with Gasteiger partial charge in [0.25, 0.3) is 0 Å². The number of nitrogens with zero attached hydrogens (tertiary/aromatic N) is 2. The van der Waals surface area contributed by atoms with Crippen molar-refractivity contribution in [2.24, 2.45) is 0 Å². The molecule has 0 bridgehead atoms. The Kier molecular flexibility index (Phi) is 17.2. The minimum atomic E-state index is -1.07. The number of nitrogens with one attached hydrogen (secondary N) is 2. The topological polar surface area (TPSA) is 245 Å². The molecule has 2 amide bonds. The lowest BCUT2D eigenvalue weighted by Gasteiger charge is -2.36. The minimum Gasteiger partial charge on any atom is -0.480 e. The van der Waals surface area contributed by atoms with Crippen molar-refractivity contribution in [2.75, 3.05) is 0 Å². The Labute approximate surface area is 354 Å². The molecule has 2 heterocycles. The maximum Gasteiger partial charge on any atom is 0.326 e. The minimum absolute atomic E-state index is 0. The maximum atomic E-state index is 13.1. The average molecular weight is 839 g/mol. The monoisotopic (exact) mass is 838 g/mol. The zero-order valence-corrected chi connectivity index (χ0v) is 34.1.